The van der Waals surface area contributed by atoms with Crippen LogP contribution in [0.25, 0.3) is 0 Å². The SMILES string of the molecule is NC(c1sccc1Br)C1CCCOC1. The summed E-state index contributed by atoms with van der Waals surface area (Å²) in [5, 5.41) is 2.07. The third-order valence-corrected chi connectivity index (χ3v) is 4.62. The van der Waals surface area contributed by atoms with E-state index in [1.807, 2.05) is 0 Å². The smallest absolute Gasteiger partial charge is 0.0512 e. The maximum absolute atomic E-state index is 6.22. The van der Waals surface area contributed by atoms with Gasteiger partial charge in [0.1, 0.15) is 0 Å². The second-order valence-corrected chi connectivity index (χ2v) is 5.44. The summed E-state index contributed by atoms with van der Waals surface area (Å²) in [6.45, 7) is 1.71. The first kappa shape index (κ1) is 10.6. The Morgan fingerprint density at radius 3 is 3.07 bits per heavy atom. The minimum absolute atomic E-state index is 0.129. The van der Waals surface area contributed by atoms with Gasteiger partial charge in [-0.2, -0.15) is 0 Å². The minimum Gasteiger partial charge on any atom is -0.381 e. The molecule has 0 amide bonds. The van der Waals surface area contributed by atoms with Crippen molar-refractivity contribution in [2.24, 2.45) is 11.7 Å². The van der Waals surface area contributed by atoms with Gasteiger partial charge in [0, 0.05) is 27.9 Å². The van der Waals surface area contributed by atoms with E-state index >= 15 is 0 Å². The summed E-state index contributed by atoms with van der Waals surface area (Å²) in [7, 11) is 0. The van der Waals surface area contributed by atoms with Crippen molar-refractivity contribution in [1.82, 2.24) is 0 Å². The second-order valence-electron chi connectivity index (χ2n) is 3.64. The standard InChI is InChI=1S/C10H14BrNOS/c11-8-3-5-14-10(8)9(12)7-2-1-4-13-6-7/h3,5,7,9H,1-2,4,6,12H2. The Hall–Kier alpha value is 0.1000. The molecule has 2 N–H and O–H groups in total. The van der Waals surface area contributed by atoms with E-state index < -0.39 is 0 Å². The molecular formula is C10H14BrNOS. The normalized spacial score (nSPS) is 24.9. The van der Waals surface area contributed by atoms with Crippen LogP contribution in [-0.2, 0) is 4.74 Å². The molecule has 2 heterocycles. The van der Waals surface area contributed by atoms with E-state index in [0.29, 0.717) is 5.92 Å². The number of hydrogen-bond donors (Lipinski definition) is 1. The molecule has 14 heavy (non-hydrogen) atoms. The van der Waals surface area contributed by atoms with Gasteiger partial charge in [0.05, 0.1) is 6.61 Å². The largest absolute Gasteiger partial charge is 0.381 e. The first-order valence-electron chi connectivity index (χ1n) is 4.85. The lowest BCUT2D eigenvalue weighted by atomic mass is 9.93. The predicted octanol–water partition coefficient (Wildman–Crippen LogP) is 2.94. The number of nitrogens with two attached hydrogens (primary N) is 1. The van der Waals surface area contributed by atoms with Gasteiger partial charge in [-0.3, -0.25) is 0 Å². The number of ether oxygens (including phenoxy) is 1. The molecule has 0 spiro atoms. The number of thiophene rings is 1. The molecule has 0 radical (unpaired) electrons. The highest BCUT2D eigenvalue weighted by Crippen LogP contribution is 2.34. The van der Waals surface area contributed by atoms with E-state index in [2.05, 4.69) is 27.4 Å². The van der Waals surface area contributed by atoms with Crippen molar-refractivity contribution in [2.75, 3.05) is 13.2 Å². The van der Waals surface area contributed by atoms with E-state index in [9.17, 15) is 0 Å². The molecule has 4 heteroatoms. The summed E-state index contributed by atoms with van der Waals surface area (Å²) in [6, 6.07) is 2.19. The quantitative estimate of drug-likeness (QED) is 0.901. The van der Waals surface area contributed by atoms with Crippen LogP contribution in [-0.4, -0.2) is 13.2 Å². The summed E-state index contributed by atoms with van der Waals surface area (Å²) in [5.74, 6) is 0.485. The lowest BCUT2D eigenvalue weighted by Crippen LogP contribution is -2.28. The van der Waals surface area contributed by atoms with E-state index in [4.69, 9.17) is 10.5 Å². The molecule has 0 saturated carbocycles. The fourth-order valence-corrected chi connectivity index (χ4v) is 3.54. The van der Waals surface area contributed by atoms with Gasteiger partial charge < -0.3 is 10.5 Å². The fourth-order valence-electron chi connectivity index (χ4n) is 1.81. The van der Waals surface area contributed by atoms with Gasteiger partial charge >= 0.3 is 0 Å². The molecule has 1 aliphatic heterocycles. The van der Waals surface area contributed by atoms with Crippen LogP contribution in [0.3, 0.4) is 0 Å². The summed E-state index contributed by atoms with van der Waals surface area (Å²) in [5.41, 5.74) is 6.22. The molecule has 78 valence electrons. The summed E-state index contributed by atoms with van der Waals surface area (Å²) in [4.78, 5) is 1.25. The lowest BCUT2D eigenvalue weighted by Gasteiger charge is -2.27. The van der Waals surface area contributed by atoms with Crippen LogP contribution in [0.15, 0.2) is 15.9 Å². The average Bonchev–Trinajstić information content (AvgIpc) is 2.65. The highest BCUT2D eigenvalue weighted by molar-refractivity contribution is 9.10. The number of hydrogen-bond acceptors (Lipinski definition) is 3. The Kier molecular flexibility index (Phi) is 3.60. The molecule has 2 unspecified atom stereocenters. The van der Waals surface area contributed by atoms with Gasteiger partial charge in [-0.1, -0.05) is 0 Å². The third-order valence-electron chi connectivity index (χ3n) is 2.65. The monoisotopic (exact) mass is 275 g/mol. The van der Waals surface area contributed by atoms with Crippen molar-refractivity contribution in [3.05, 3.63) is 20.8 Å². The highest BCUT2D eigenvalue weighted by Gasteiger charge is 2.24. The molecular weight excluding hydrogens is 262 g/mol. The van der Waals surface area contributed by atoms with Crippen LogP contribution in [0, 0.1) is 5.92 Å². The zero-order valence-corrected chi connectivity index (χ0v) is 10.3. The average molecular weight is 276 g/mol. The van der Waals surface area contributed by atoms with Crippen molar-refractivity contribution >= 4 is 27.3 Å². The first-order chi connectivity index (χ1) is 6.79. The molecule has 0 aliphatic carbocycles. The molecule has 0 aromatic carbocycles. The van der Waals surface area contributed by atoms with Gasteiger partial charge in [0.15, 0.2) is 0 Å². The zero-order valence-electron chi connectivity index (χ0n) is 7.91. The minimum atomic E-state index is 0.129. The first-order valence-corrected chi connectivity index (χ1v) is 6.52. The topological polar surface area (TPSA) is 35.2 Å². The van der Waals surface area contributed by atoms with E-state index in [1.165, 1.54) is 11.3 Å². The van der Waals surface area contributed by atoms with Gasteiger partial charge in [-0.05, 0) is 40.2 Å². The van der Waals surface area contributed by atoms with Gasteiger partial charge in [0.25, 0.3) is 0 Å². The Bertz CT molecular complexity index is 296. The highest BCUT2D eigenvalue weighted by atomic mass is 79.9. The maximum Gasteiger partial charge on any atom is 0.0512 e. The van der Waals surface area contributed by atoms with Crippen molar-refractivity contribution in [2.45, 2.75) is 18.9 Å². The zero-order chi connectivity index (χ0) is 9.97. The third kappa shape index (κ3) is 2.19. The van der Waals surface area contributed by atoms with Crippen molar-refractivity contribution in [3.8, 4) is 0 Å². The number of halogens is 1. The Morgan fingerprint density at radius 2 is 2.50 bits per heavy atom. The van der Waals surface area contributed by atoms with Gasteiger partial charge in [-0.15, -0.1) is 11.3 Å². The second kappa shape index (κ2) is 4.75. The van der Waals surface area contributed by atoms with E-state index in [-0.39, 0.29) is 6.04 Å². The van der Waals surface area contributed by atoms with Gasteiger partial charge in [0.2, 0.25) is 0 Å². The van der Waals surface area contributed by atoms with Crippen molar-refractivity contribution in [1.29, 1.82) is 0 Å². The molecule has 2 rings (SSSR count). The van der Waals surface area contributed by atoms with Crippen LogP contribution < -0.4 is 5.73 Å². The molecule has 0 bridgehead atoms. The molecule has 1 aromatic heterocycles. The van der Waals surface area contributed by atoms with Crippen molar-refractivity contribution < 1.29 is 4.74 Å². The fraction of sp³-hybridized carbons (Fsp3) is 0.600. The van der Waals surface area contributed by atoms with Crippen molar-refractivity contribution in [3.63, 3.8) is 0 Å². The Balaban J connectivity index is 2.07. The molecule has 1 aromatic rings. The number of rotatable bonds is 2. The van der Waals surface area contributed by atoms with Crippen LogP contribution in [0.1, 0.15) is 23.8 Å². The molecule has 1 aliphatic rings. The molecule has 1 saturated heterocycles. The van der Waals surface area contributed by atoms with Crippen LogP contribution >= 0.6 is 27.3 Å². The Labute approximate surface area is 96.6 Å². The summed E-state index contributed by atoms with van der Waals surface area (Å²) < 4.78 is 6.59. The van der Waals surface area contributed by atoms with Gasteiger partial charge in [-0.25, -0.2) is 0 Å². The van der Waals surface area contributed by atoms with E-state index in [0.717, 1.165) is 24.1 Å². The maximum atomic E-state index is 6.22. The van der Waals surface area contributed by atoms with Crippen LogP contribution in [0.2, 0.25) is 0 Å². The van der Waals surface area contributed by atoms with Crippen LogP contribution in [0.4, 0.5) is 0 Å². The summed E-state index contributed by atoms with van der Waals surface area (Å²) >= 11 is 5.25. The van der Waals surface area contributed by atoms with E-state index in [1.54, 1.807) is 11.3 Å². The lowest BCUT2D eigenvalue weighted by molar-refractivity contribution is 0.0451. The summed E-state index contributed by atoms with van der Waals surface area (Å²) in [6.07, 6.45) is 2.33. The predicted molar refractivity (Wildman–Crippen MR) is 62.5 cm³/mol. The molecule has 2 nitrogen and oxygen atoms in total. The molecule has 2 atom stereocenters. The van der Waals surface area contributed by atoms with Crippen LogP contribution in [0.5, 0.6) is 0 Å². The molecule has 1 fully saturated rings. The Morgan fingerprint density at radius 1 is 1.64 bits per heavy atom.